The molecule has 0 aromatic heterocycles. The van der Waals surface area contributed by atoms with Crippen LogP contribution in [0.15, 0.2) is 30.3 Å². The highest BCUT2D eigenvalue weighted by Crippen LogP contribution is 2.08. The lowest BCUT2D eigenvalue weighted by Gasteiger charge is -2.23. The van der Waals surface area contributed by atoms with Crippen molar-refractivity contribution < 1.29 is 19.1 Å². The third-order valence-electron chi connectivity index (χ3n) is 4.23. The summed E-state index contributed by atoms with van der Waals surface area (Å²) >= 11 is 0. The highest BCUT2D eigenvalue weighted by Gasteiger charge is 2.24. The number of unbranched alkanes of at least 4 members (excludes halogenated alkanes) is 5. The summed E-state index contributed by atoms with van der Waals surface area (Å²) in [5.74, 6) is -0.252. The van der Waals surface area contributed by atoms with Crippen LogP contribution in [0.25, 0.3) is 0 Å². The van der Waals surface area contributed by atoms with Crippen molar-refractivity contribution in [3.8, 4) is 0 Å². The Hall–Kier alpha value is -2.08. The molecule has 0 heterocycles. The van der Waals surface area contributed by atoms with Crippen LogP contribution in [0.2, 0.25) is 0 Å². The van der Waals surface area contributed by atoms with Crippen LogP contribution in [0.4, 0.5) is 4.79 Å². The molecule has 0 unspecified atom stereocenters. The second kappa shape index (κ2) is 14.0. The van der Waals surface area contributed by atoms with Crippen molar-refractivity contribution in [3.63, 3.8) is 0 Å². The zero-order valence-electron chi connectivity index (χ0n) is 18.5. The van der Waals surface area contributed by atoms with Crippen LogP contribution in [0.5, 0.6) is 0 Å². The zero-order valence-corrected chi connectivity index (χ0v) is 18.5. The Balaban J connectivity index is 2.47. The molecule has 0 saturated heterocycles. The lowest BCUT2D eigenvalue weighted by atomic mass is 10.1. The number of rotatable bonds is 13. The highest BCUT2D eigenvalue weighted by molar-refractivity contribution is 5.85. The lowest BCUT2D eigenvalue weighted by molar-refractivity contribution is -0.124. The Labute approximate surface area is 175 Å². The largest absolute Gasteiger partial charge is 0.444 e. The van der Waals surface area contributed by atoms with E-state index in [1.165, 1.54) is 25.7 Å². The van der Waals surface area contributed by atoms with Gasteiger partial charge in [0.1, 0.15) is 11.6 Å². The van der Waals surface area contributed by atoms with Crippen LogP contribution < -0.4 is 10.6 Å². The molecule has 0 saturated carbocycles. The van der Waals surface area contributed by atoms with E-state index in [1.807, 2.05) is 30.3 Å². The SMILES string of the molecule is CCCCCCCCNC(=O)[C@H](COCc1ccccc1)NC(=O)OC(C)(C)C. The number of ether oxygens (including phenoxy) is 2. The maximum Gasteiger partial charge on any atom is 0.408 e. The summed E-state index contributed by atoms with van der Waals surface area (Å²) in [5, 5.41) is 5.53. The predicted octanol–water partition coefficient (Wildman–Crippen LogP) is 4.57. The first kappa shape index (κ1) is 25.0. The molecule has 0 spiro atoms. The maximum absolute atomic E-state index is 12.6. The molecular formula is C23H38N2O4. The number of nitrogens with one attached hydrogen (secondary N) is 2. The summed E-state index contributed by atoms with van der Waals surface area (Å²) in [6.45, 7) is 8.59. The minimum Gasteiger partial charge on any atom is -0.444 e. The van der Waals surface area contributed by atoms with Gasteiger partial charge < -0.3 is 20.1 Å². The number of alkyl carbamates (subject to hydrolysis) is 1. The van der Waals surface area contributed by atoms with Crippen LogP contribution in [-0.4, -0.2) is 36.8 Å². The van der Waals surface area contributed by atoms with E-state index in [0.29, 0.717) is 13.2 Å². The Morgan fingerprint density at radius 1 is 1.00 bits per heavy atom. The number of benzene rings is 1. The smallest absolute Gasteiger partial charge is 0.408 e. The van der Waals surface area contributed by atoms with E-state index < -0.39 is 17.7 Å². The Bertz CT molecular complexity index is 584. The number of carbonyl (C=O) groups excluding carboxylic acids is 2. The van der Waals surface area contributed by atoms with Gasteiger partial charge in [-0.1, -0.05) is 69.4 Å². The predicted molar refractivity (Wildman–Crippen MR) is 116 cm³/mol. The van der Waals surface area contributed by atoms with Crippen LogP contribution in [0.3, 0.4) is 0 Å². The molecule has 0 aliphatic rings. The van der Waals surface area contributed by atoms with Gasteiger partial charge in [0.2, 0.25) is 5.91 Å². The minimum atomic E-state index is -0.798. The Kier molecular flexibility index (Phi) is 12.0. The normalized spacial score (nSPS) is 12.3. The van der Waals surface area contributed by atoms with Gasteiger partial charge in [-0.3, -0.25) is 4.79 Å². The van der Waals surface area contributed by atoms with Gasteiger partial charge in [0.25, 0.3) is 0 Å². The second-order valence-corrected chi connectivity index (χ2v) is 8.26. The molecule has 1 aromatic rings. The monoisotopic (exact) mass is 406 g/mol. The molecule has 6 nitrogen and oxygen atoms in total. The van der Waals surface area contributed by atoms with Crippen LogP contribution >= 0.6 is 0 Å². The molecule has 1 atom stereocenters. The zero-order chi connectivity index (χ0) is 21.5. The third kappa shape index (κ3) is 12.9. The Morgan fingerprint density at radius 3 is 2.31 bits per heavy atom. The van der Waals surface area contributed by atoms with Crippen LogP contribution in [0.1, 0.15) is 71.8 Å². The Morgan fingerprint density at radius 2 is 1.66 bits per heavy atom. The van der Waals surface area contributed by atoms with E-state index in [-0.39, 0.29) is 12.5 Å². The summed E-state index contributed by atoms with van der Waals surface area (Å²) < 4.78 is 11.0. The van der Waals surface area contributed by atoms with Gasteiger partial charge in [-0.25, -0.2) is 4.79 Å². The summed E-state index contributed by atoms with van der Waals surface area (Å²) in [5.41, 5.74) is 0.380. The quantitative estimate of drug-likeness (QED) is 0.470. The first-order valence-corrected chi connectivity index (χ1v) is 10.7. The first-order valence-electron chi connectivity index (χ1n) is 10.7. The molecule has 0 bridgehead atoms. The van der Waals surface area contributed by atoms with Crippen molar-refractivity contribution in [2.24, 2.45) is 0 Å². The lowest BCUT2D eigenvalue weighted by Crippen LogP contribution is -2.50. The molecule has 0 fully saturated rings. The summed E-state index contributed by atoms with van der Waals surface area (Å²) in [4.78, 5) is 24.7. The van der Waals surface area contributed by atoms with Gasteiger partial charge in [0.15, 0.2) is 0 Å². The second-order valence-electron chi connectivity index (χ2n) is 8.26. The molecule has 0 aliphatic carbocycles. The molecule has 1 rings (SSSR count). The van der Waals surface area contributed by atoms with Gasteiger partial charge >= 0.3 is 6.09 Å². The first-order chi connectivity index (χ1) is 13.8. The number of hydrogen-bond acceptors (Lipinski definition) is 4. The van der Waals surface area contributed by atoms with Crippen LogP contribution in [-0.2, 0) is 20.9 Å². The third-order valence-corrected chi connectivity index (χ3v) is 4.23. The van der Waals surface area contributed by atoms with E-state index in [4.69, 9.17) is 9.47 Å². The van der Waals surface area contributed by atoms with E-state index >= 15 is 0 Å². The molecule has 0 aliphatic heterocycles. The van der Waals surface area contributed by atoms with Crippen molar-refractivity contribution in [3.05, 3.63) is 35.9 Å². The molecule has 6 heteroatoms. The van der Waals surface area contributed by atoms with Gasteiger partial charge in [-0.2, -0.15) is 0 Å². The van der Waals surface area contributed by atoms with E-state index in [0.717, 1.165) is 18.4 Å². The maximum atomic E-state index is 12.6. The molecule has 29 heavy (non-hydrogen) atoms. The van der Waals surface area contributed by atoms with E-state index in [9.17, 15) is 9.59 Å². The van der Waals surface area contributed by atoms with Crippen molar-refractivity contribution in [2.75, 3.05) is 13.2 Å². The fourth-order valence-electron chi connectivity index (χ4n) is 2.74. The van der Waals surface area contributed by atoms with E-state index in [1.54, 1.807) is 20.8 Å². The average Bonchev–Trinajstić information content (AvgIpc) is 2.65. The highest BCUT2D eigenvalue weighted by atomic mass is 16.6. The molecule has 2 N–H and O–H groups in total. The number of hydrogen-bond donors (Lipinski definition) is 2. The number of amides is 2. The van der Waals surface area contributed by atoms with Crippen molar-refractivity contribution in [2.45, 2.75) is 84.5 Å². The topological polar surface area (TPSA) is 76.7 Å². The molecule has 1 aromatic carbocycles. The molecule has 2 amide bonds. The van der Waals surface area contributed by atoms with Gasteiger partial charge in [0.05, 0.1) is 13.2 Å². The van der Waals surface area contributed by atoms with Gasteiger partial charge in [-0.15, -0.1) is 0 Å². The average molecular weight is 407 g/mol. The molecular weight excluding hydrogens is 368 g/mol. The van der Waals surface area contributed by atoms with Crippen LogP contribution in [0, 0.1) is 0 Å². The summed E-state index contributed by atoms with van der Waals surface area (Å²) in [6, 6.07) is 8.91. The minimum absolute atomic E-state index is 0.0798. The van der Waals surface area contributed by atoms with Crippen molar-refractivity contribution in [1.82, 2.24) is 10.6 Å². The molecule has 0 radical (unpaired) electrons. The fraction of sp³-hybridized carbons (Fsp3) is 0.652. The van der Waals surface area contributed by atoms with Gasteiger partial charge in [0, 0.05) is 6.54 Å². The van der Waals surface area contributed by atoms with E-state index in [2.05, 4.69) is 17.6 Å². The van der Waals surface area contributed by atoms with Crippen molar-refractivity contribution in [1.29, 1.82) is 0 Å². The fourth-order valence-corrected chi connectivity index (χ4v) is 2.74. The standard InChI is InChI=1S/C23H38N2O4/c1-5-6-7-8-9-13-16-24-21(26)20(25-22(27)29-23(2,3)4)18-28-17-19-14-11-10-12-15-19/h10-12,14-15,20H,5-9,13,16-18H2,1-4H3,(H,24,26)(H,25,27)/t20-/m0/s1. The summed E-state index contributed by atoms with van der Waals surface area (Å²) in [6.07, 6.45) is 6.30. The number of carbonyl (C=O) groups is 2. The summed E-state index contributed by atoms with van der Waals surface area (Å²) in [7, 11) is 0. The molecule has 164 valence electrons. The van der Waals surface area contributed by atoms with Gasteiger partial charge in [-0.05, 0) is 32.8 Å². The van der Waals surface area contributed by atoms with Crippen molar-refractivity contribution >= 4 is 12.0 Å².